The molecule has 0 radical (unpaired) electrons. The zero-order valence-electron chi connectivity index (χ0n) is 15.5. The van der Waals surface area contributed by atoms with Crippen LogP contribution in [-0.2, 0) is 0 Å². The van der Waals surface area contributed by atoms with E-state index in [4.69, 9.17) is 0 Å². The number of rotatable bonds is 5. The Kier molecular flexibility index (Phi) is 7.25. The molecule has 0 aromatic carbocycles. The van der Waals surface area contributed by atoms with Gasteiger partial charge in [0.25, 0.3) is 0 Å². The maximum Gasteiger partial charge on any atom is 0.0107 e. The van der Waals surface area contributed by atoms with Crippen LogP contribution in [0.1, 0.15) is 98.3 Å². The van der Waals surface area contributed by atoms with Crippen LogP contribution in [0.3, 0.4) is 0 Å². The molecule has 0 bridgehead atoms. The number of hydrogen-bond donors (Lipinski definition) is 0. The van der Waals surface area contributed by atoms with E-state index < -0.39 is 0 Å². The van der Waals surface area contributed by atoms with E-state index in [0.717, 1.165) is 18.1 Å². The fourth-order valence-corrected chi connectivity index (χ4v) is 4.30. The van der Waals surface area contributed by atoms with Gasteiger partial charge in [0.2, 0.25) is 0 Å². The standard InChI is InChI=1S/C21H37N/c1-5-17(3)22(18(4)6-2)21-14-12-20(13-15-21)16-19-10-8-7-9-11-19/h17-18,21H,5-15H2,1-4H3. The van der Waals surface area contributed by atoms with Gasteiger partial charge in [-0.25, -0.2) is 0 Å². The van der Waals surface area contributed by atoms with E-state index in [2.05, 4.69) is 38.3 Å². The second kappa shape index (κ2) is 8.94. The van der Waals surface area contributed by atoms with E-state index in [0.29, 0.717) is 0 Å². The van der Waals surface area contributed by atoms with E-state index in [1.807, 2.05) is 0 Å². The van der Waals surface area contributed by atoms with E-state index in [9.17, 15) is 0 Å². The Morgan fingerprint density at radius 2 is 1.36 bits per heavy atom. The first-order chi connectivity index (χ1) is 10.7. The minimum atomic E-state index is 0.724. The monoisotopic (exact) mass is 303 g/mol. The molecule has 0 aromatic heterocycles. The summed E-state index contributed by atoms with van der Waals surface area (Å²) in [5.41, 5.74) is 7.07. The Bertz CT molecular complexity index is 374. The summed E-state index contributed by atoms with van der Waals surface area (Å²) in [6.45, 7) is 9.51. The number of nitrogens with zero attached hydrogens (tertiary/aromatic N) is 1. The van der Waals surface area contributed by atoms with Gasteiger partial charge in [0.05, 0.1) is 0 Å². The third-order valence-electron chi connectivity index (χ3n) is 5.99. The second-order valence-corrected chi connectivity index (χ2v) is 7.59. The predicted octanol–water partition coefficient (Wildman–Crippen LogP) is 6.24. The maximum atomic E-state index is 3.82. The van der Waals surface area contributed by atoms with Crippen LogP contribution >= 0.6 is 0 Å². The van der Waals surface area contributed by atoms with Crippen molar-refractivity contribution < 1.29 is 0 Å². The van der Waals surface area contributed by atoms with Crippen molar-refractivity contribution in [2.45, 2.75) is 116 Å². The lowest BCUT2D eigenvalue weighted by molar-refractivity contribution is 0.0731. The summed E-state index contributed by atoms with van der Waals surface area (Å²) in [6, 6.07) is 2.25. The van der Waals surface area contributed by atoms with Gasteiger partial charge < -0.3 is 0 Å². The Morgan fingerprint density at radius 1 is 0.864 bits per heavy atom. The second-order valence-electron chi connectivity index (χ2n) is 7.59. The topological polar surface area (TPSA) is 3.24 Å². The van der Waals surface area contributed by atoms with E-state index in [1.165, 1.54) is 70.6 Å². The lowest BCUT2D eigenvalue weighted by atomic mass is 9.87. The Hall–Kier alpha value is -0.520. The van der Waals surface area contributed by atoms with Crippen LogP contribution in [0.15, 0.2) is 16.9 Å². The first-order valence-electron chi connectivity index (χ1n) is 9.89. The summed E-state index contributed by atoms with van der Waals surface area (Å²) in [4.78, 5) is 2.82. The normalized spacial score (nSPS) is 26.0. The summed E-state index contributed by atoms with van der Waals surface area (Å²) in [7, 11) is 0. The van der Waals surface area contributed by atoms with Crippen molar-refractivity contribution in [3.05, 3.63) is 16.9 Å². The molecule has 1 heteroatoms. The molecule has 2 rings (SSSR count). The SMILES string of the molecule is CCC(C)N(C(C)CC)C1CCC(=C=C2CCCCC2)CC1. The first kappa shape index (κ1) is 17.8. The maximum absolute atomic E-state index is 3.82. The minimum absolute atomic E-state index is 0.724. The zero-order chi connectivity index (χ0) is 15.9. The van der Waals surface area contributed by atoms with Gasteiger partial charge in [-0.05, 0) is 89.2 Å². The van der Waals surface area contributed by atoms with Crippen LogP contribution < -0.4 is 0 Å². The minimum Gasteiger partial charge on any atom is -0.295 e. The summed E-state index contributed by atoms with van der Waals surface area (Å²) < 4.78 is 0. The fourth-order valence-electron chi connectivity index (χ4n) is 4.30. The third-order valence-corrected chi connectivity index (χ3v) is 5.99. The van der Waals surface area contributed by atoms with Crippen molar-refractivity contribution in [1.82, 2.24) is 4.90 Å². The summed E-state index contributed by atoms with van der Waals surface area (Å²) in [5, 5.41) is 0. The number of hydrogen-bond acceptors (Lipinski definition) is 1. The molecule has 2 fully saturated rings. The van der Waals surface area contributed by atoms with E-state index in [-0.39, 0.29) is 0 Å². The molecule has 1 nitrogen and oxygen atoms in total. The average Bonchev–Trinajstić information content (AvgIpc) is 2.57. The Balaban J connectivity index is 1.98. The van der Waals surface area contributed by atoms with Gasteiger partial charge in [-0.15, -0.1) is 5.73 Å². The first-order valence-corrected chi connectivity index (χ1v) is 9.89. The molecule has 2 unspecified atom stereocenters. The molecule has 0 N–H and O–H groups in total. The van der Waals surface area contributed by atoms with Gasteiger partial charge in [0, 0.05) is 18.1 Å². The lowest BCUT2D eigenvalue weighted by Gasteiger charge is -2.42. The lowest BCUT2D eigenvalue weighted by Crippen LogP contribution is -2.47. The largest absolute Gasteiger partial charge is 0.295 e. The molecule has 2 atom stereocenters. The van der Waals surface area contributed by atoms with Crippen LogP contribution in [-0.4, -0.2) is 23.0 Å². The van der Waals surface area contributed by atoms with Gasteiger partial charge in [0.1, 0.15) is 0 Å². The molecule has 2 aliphatic carbocycles. The predicted molar refractivity (Wildman–Crippen MR) is 97.2 cm³/mol. The highest BCUT2D eigenvalue weighted by molar-refractivity contribution is 5.13. The molecule has 2 aliphatic rings. The summed E-state index contributed by atoms with van der Waals surface area (Å²) in [6.07, 6.45) is 14.7. The fraction of sp³-hybridized carbons (Fsp3) is 0.857. The molecule has 0 spiro atoms. The highest BCUT2D eigenvalue weighted by atomic mass is 15.2. The average molecular weight is 304 g/mol. The number of allylic oxidation sites excluding steroid dienone is 1. The molecule has 0 amide bonds. The highest BCUT2D eigenvalue weighted by Gasteiger charge is 2.28. The van der Waals surface area contributed by atoms with Crippen molar-refractivity contribution in [3.63, 3.8) is 0 Å². The van der Waals surface area contributed by atoms with Crippen LogP contribution in [0, 0.1) is 0 Å². The molecular weight excluding hydrogens is 266 g/mol. The molecule has 0 aliphatic heterocycles. The highest BCUT2D eigenvalue weighted by Crippen LogP contribution is 2.31. The van der Waals surface area contributed by atoms with Gasteiger partial charge in [-0.3, -0.25) is 4.90 Å². The van der Waals surface area contributed by atoms with E-state index in [1.54, 1.807) is 11.1 Å². The van der Waals surface area contributed by atoms with Crippen molar-refractivity contribution in [2.24, 2.45) is 0 Å². The molecule has 2 saturated carbocycles. The molecule has 0 saturated heterocycles. The molecule has 0 heterocycles. The Morgan fingerprint density at radius 3 is 1.86 bits per heavy atom. The van der Waals surface area contributed by atoms with Crippen LogP contribution in [0.25, 0.3) is 0 Å². The van der Waals surface area contributed by atoms with Crippen molar-refractivity contribution in [1.29, 1.82) is 0 Å². The zero-order valence-corrected chi connectivity index (χ0v) is 15.5. The van der Waals surface area contributed by atoms with Gasteiger partial charge in [-0.1, -0.05) is 20.3 Å². The summed E-state index contributed by atoms with van der Waals surface area (Å²) in [5.74, 6) is 0. The smallest absolute Gasteiger partial charge is 0.0107 e. The molecule has 22 heavy (non-hydrogen) atoms. The summed E-state index contributed by atoms with van der Waals surface area (Å²) >= 11 is 0. The molecule has 126 valence electrons. The van der Waals surface area contributed by atoms with Crippen LogP contribution in [0.2, 0.25) is 0 Å². The van der Waals surface area contributed by atoms with Crippen LogP contribution in [0.5, 0.6) is 0 Å². The quantitative estimate of drug-likeness (QED) is 0.543. The molecular formula is C21H37N. The van der Waals surface area contributed by atoms with Gasteiger partial charge >= 0.3 is 0 Å². The van der Waals surface area contributed by atoms with Gasteiger partial charge in [0.15, 0.2) is 0 Å². The molecule has 0 aromatic rings. The van der Waals surface area contributed by atoms with E-state index >= 15 is 0 Å². The van der Waals surface area contributed by atoms with Crippen LogP contribution in [0.4, 0.5) is 0 Å². The Labute approximate surface area is 138 Å². The van der Waals surface area contributed by atoms with Crippen molar-refractivity contribution in [2.75, 3.05) is 0 Å². The van der Waals surface area contributed by atoms with Crippen molar-refractivity contribution >= 4 is 0 Å². The van der Waals surface area contributed by atoms with Gasteiger partial charge in [-0.2, -0.15) is 0 Å². The third kappa shape index (κ3) is 4.74. The van der Waals surface area contributed by atoms with Crippen molar-refractivity contribution in [3.8, 4) is 0 Å².